The Balaban J connectivity index is 0. The van der Waals surface area contributed by atoms with Gasteiger partial charge in [-0.25, -0.2) is 0 Å². The van der Waals surface area contributed by atoms with E-state index >= 15 is 0 Å². The van der Waals surface area contributed by atoms with E-state index in [2.05, 4.69) is 20.8 Å². The summed E-state index contributed by atoms with van der Waals surface area (Å²) >= 11 is 0. The first-order valence-electron chi connectivity index (χ1n) is 11.5. The van der Waals surface area contributed by atoms with E-state index in [0.29, 0.717) is 0 Å². The lowest BCUT2D eigenvalue weighted by atomic mass is 10.0. The first-order chi connectivity index (χ1) is 11.8. The lowest BCUT2D eigenvalue weighted by Crippen LogP contribution is -1.96. The molecule has 0 aromatic heterocycles. The molecular formula is C23H51N. The van der Waals surface area contributed by atoms with Crippen LogP contribution in [0.25, 0.3) is 0 Å². The van der Waals surface area contributed by atoms with Crippen LogP contribution in [0.4, 0.5) is 0 Å². The van der Waals surface area contributed by atoms with Gasteiger partial charge in [0.05, 0.1) is 0 Å². The van der Waals surface area contributed by atoms with E-state index in [9.17, 15) is 0 Å². The van der Waals surface area contributed by atoms with Crippen molar-refractivity contribution in [3.63, 3.8) is 0 Å². The first kappa shape index (κ1) is 26.2. The maximum absolute atomic E-state index is 5.21. The van der Waals surface area contributed by atoms with Gasteiger partial charge in [0.25, 0.3) is 0 Å². The molecule has 0 saturated carbocycles. The monoisotopic (exact) mass is 341 g/mol. The van der Waals surface area contributed by atoms with Gasteiger partial charge >= 0.3 is 0 Å². The van der Waals surface area contributed by atoms with Crippen LogP contribution in [0.15, 0.2) is 0 Å². The minimum atomic E-state index is 0.855. The molecule has 0 aromatic carbocycles. The number of hydrogen-bond donors (Lipinski definition) is 1. The minimum absolute atomic E-state index is 0.855. The smallest absolute Gasteiger partial charge is 0.00773 e. The topological polar surface area (TPSA) is 26.0 Å². The van der Waals surface area contributed by atoms with Gasteiger partial charge in [-0.15, -0.1) is 0 Å². The summed E-state index contributed by atoms with van der Waals surface area (Å²) in [5.74, 6) is 0. The maximum atomic E-state index is 5.21. The molecule has 0 radical (unpaired) electrons. The van der Waals surface area contributed by atoms with Crippen molar-refractivity contribution in [2.45, 2.75) is 143 Å². The van der Waals surface area contributed by atoms with Crippen molar-refractivity contribution in [2.75, 3.05) is 6.54 Å². The molecule has 0 heterocycles. The van der Waals surface area contributed by atoms with Crippen molar-refractivity contribution in [1.82, 2.24) is 0 Å². The van der Waals surface area contributed by atoms with E-state index < -0.39 is 0 Å². The van der Waals surface area contributed by atoms with Crippen molar-refractivity contribution >= 4 is 0 Å². The van der Waals surface area contributed by atoms with Gasteiger partial charge in [-0.1, -0.05) is 136 Å². The Bertz CT molecular complexity index is 159. The highest BCUT2D eigenvalue weighted by molar-refractivity contribution is 4.49. The molecule has 24 heavy (non-hydrogen) atoms. The summed E-state index contributed by atoms with van der Waals surface area (Å²) in [6.07, 6.45) is 27.2. The number of nitrogens with two attached hydrogens (primary N) is 1. The second-order valence-electron chi connectivity index (χ2n) is 7.45. The molecular weight excluding hydrogens is 290 g/mol. The summed E-state index contributed by atoms with van der Waals surface area (Å²) in [7, 11) is 0. The quantitative estimate of drug-likeness (QED) is 0.249. The molecule has 0 rings (SSSR count). The molecule has 0 atom stereocenters. The summed E-state index contributed by atoms with van der Waals surface area (Å²) < 4.78 is 0. The molecule has 0 spiro atoms. The third-order valence-corrected chi connectivity index (χ3v) is 4.76. The Morgan fingerprint density at radius 1 is 0.333 bits per heavy atom. The second-order valence-corrected chi connectivity index (χ2v) is 7.45. The third-order valence-electron chi connectivity index (χ3n) is 4.76. The van der Waals surface area contributed by atoms with Gasteiger partial charge in [0.1, 0.15) is 0 Å². The summed E-state index contributed by atoms with van der Waals surface area (Å²) in [4.78, 5) is 0. The van der Waals surface area contributed by atoms with Crippen molar-refractivity contribution in [1.29, 1.82) is 0 Å². The minimum Gasteiger partial charge on any atom is -0.330 e. The fourth-order valence-corrected chi connectivity index (χ4v) is 3.02. The summed E-state index contributed by atoms with van der Waals surface area (Å²) in [5, 5.41) is 0. The molecule has 0 amide bonds. The van der Waals surface area contributed by atoms with Gasteiger partial charge in [-0.2, -0.15) is 0 Å². The molecule has 2 N–H and O–H groups in total. The number of hydrogen-bond acceptors (Lipinski definition) is 1. The molecule has 0 unspecified atom stereocenters. The van der Waals surface area contributed by atoms with Crippen molar-refractivity contribution < 1.29 is 0 Å². The molecule has 0 fully saturated rings. The van der Waals surface area contributed by atoms with Gasteiger partial charge in [0.15, 0.2) is 0 Å². The Hall–Kier alpha value is -0.0400. The van der Waals surface area contributed by atoms with Crippen LogP contribution >= 0.6 is 0 Å². The molecule has 148 valence electrons. The van der Waals surface area contributed by atoms with Crippen LogP contribution in [0, 0.1) is 0 Å². The van der Waals surface area contributed by atoms with Crippen LogP contribution < -0.4 is 5.73 Å². The van der Waals surface area contributed by atoms with Gasteiger partial charge < -0.3 is 5.73 Å². The second kappa shape index (κ2) is 27.8. The van der Waals surface area contributed by atoms with Crippen LogP contribution in [0.5, 0.6) is 0 Å². The molecule has 1 heteroatoms. The highest BCUT2D eigenvalue weighted by Gasteiger charge is 1.93. The fourth-order valence-electron chi connectivity index (χ4n) is 3.02. The fraction of sp³-hybridized carbons (Fsp3) is 1.00. The average Bonchev–Trinajstić information content (AvgIpc) is 2.61. The van der Waals surface area contributed by atoms with Crippen molar-refractivity contribution in [2.24, 2.45) is 5.73 Å². The van der Waals surface area contributed by atoms with Crippen molar-refractivity contribution in [3.05, 3.63) is 0 Å². The van der Waals surface area contributed by atoms with Crippen LogP contribution in [-0.2, 0) is 0 Å². The highest BCUT2D eigenvalue weighted by atomic mass is 14.5. The zero-order valence-electron chi connectivity index (χ0n) is 17.7. The summed E-state index contributed by atoms with van der Waals surface area (Å²) in [6.45, 7) is 7.62. The van der Waals surface area contributed by atoms with E-state index in [4.69, 9.17) is 5.73 Å². The first-order valence-corrected chi connectivity index (χ1v) is 11.5. The van der Waals surface area contributed by atoms with E-state index in [-0.39, 0.29) is 0 Å². The predicted octanol–water partition coefficient (Wildman–Crippen LogP) is 8.40. The molecule has 1 nitrogen and oxygen atoms in total. The largest absolute Gasteiger partial charge is 0.330 e. The van der Waals surface area contributed by atoms with Gasteiger partial charge in [0.2, 0.25) is 0 Å². The zero-order chi connectivity index (χ0) is 18.1. The Morgan fingerprint density at radius 3 is 0.708 bits per heavy atom. The molecule has 0 aliphatic carbocycles. The van der Waals surface area contributed by atoms with Crippen LogP contribution in [0.2, 0.25) is 0 Å². The maximum Gasteiger partial charge on any atom is -0.00773 e. The Labute approximate surface area is 155 Å². The molecule has 0 aromatic rings. The van der Waals surface area contributed by atoms with Crippen LogP contribution in [0.3, 0.4) is 0 Å². The van der Waals surface area contributed by atoms with Crippen LogP contribution in [-0.4, -0.2) is 6.54 Å². The van der Waals surface area contributed by atoms with E-state index in [1.54, 1.807) is 0 Å². The van der Waals surface area contributed by atoms with E-state index in [0.717, 1.165) is 6.54 Å². The molecule has 0 aliphatic heterocycles. The lowest BCUT2D eigenvalue weighted by Gasteiger charge is -2.03. The lowest BCUT2D eigenvalue weighted by molar-refractivity contribution is 0.531. The van der Waals surface area contributed by atoms with E-state index in [1.807, 2.05) is 0 Å². The third kappa shape index (κ3) is 29.9. The highest BCUT2D eigenvalue weighted by Crippen LogP contribution is 2.13. The predicted molar refractivity (Wildman–Crippen MR) is 114 cm³/mol. The van der Waals surface area contributed by atoms with Crippen LogP contribution in [0.1, 0.15) is 143 Å². The van der Waals surface area contributed by atoms with Gasteiger partial charge in [-0.05, 0) is 13.0 Å². The van der Waals surface area contributed by atoms with Gasteiger partial charge in [-0.3, -0.25) is 0 Å². The normalized spacial score (nSPS) is 10.5. The average molecular weight is 342 g/mol. The summed E-state index contributed by atoms with van der Waals surface area (Å²) in [6, 6.07) is 0. The Kier molecular flexibility index (Phi) is 30.3. The van der Waals surface area contributed by atoms with Gasteiger partial charge in [0, 0.05) is 0 Å². The number of rotatable bonds is 18. The molecule has 0 saturated heterocycles. The summed E-state index contributed by atoms with van der Waals surface area (Å²) in [5.41, 5.74) is 5.21. The van der Waals surface area contributed by atoms with E-state index in [1.165, 1.54) is 122 Å². The molecule has 0 bridgehead atoms. The van der Waals surface area contributed by atoms with Crippen molar-refractivity contribution in [3.8, 4) is 0 Å². The SMILES string of the molecule is CCCCCCCCCCCCCCCCCC.CCCCCN. The number of unbranched alkanes of at least 4 members (excludes halogenated alkanes) is 17. The zero-order valence-corrected chi connectivity index (χ0v) is 17.7. The standard InChI is InChI=1S/C18H38.C5H13N/c1-3-5-7-9-11-13-15-17-18-16-14-12-10-8-6-4-2;1-2-3-4-5-6/h3-18H2,1-2H3;2-6H2,1H3. The molecule has 0 aliphatic rings. The Morgan fingerprint density at radius 2 is 0.542 bits per heavy atom.